The van der Waals surface area contributed by atoms with Gasteiger partial charge in [-0.3, -0.25) is 9.69 Å². The molecule has 4 fully saturated rings. The standard InChI is InChI=1S/C23H32N2O2/c1-27-23(17-6-2-5-16(11-17)21(24)26)18-7-3-8-19(23)15-25(14-18)20-12-22(13-20)9-4-10-22/h2,5-6,11,18-20H,3-4,7-10,12-15H2,1H3,(H2,24,26)/t18-,19+,23?. The molecule has 1 unspecified atom stereocenters. The Morgan fingerprint density at radius 1 is 1.15 bits per heavy atom. The van der Waals surface area contributed by atoms with E-state index in [2.05, 4.69) is 11.0 Å². The van der Waals surface area contributed by atoms with Crippen LogP contribution in [0.1, 0.15) is 67.3 Å². The maximum Gasteiger partial charge on any atom is 0.248 e. The summed E-state index contributed by atoms with van der Waals surface area (Å²) in [7, 11) is 1.87. The number of carbonyl (C=O) groups is 1. The minimum Gasteiger partial charge on any atom is -0.373 e. The Hall–Kier alpha value is -1.39. The first-order valence-corrected chi connectivity index (χ1v) is 10.8. The molecule has 0 radical (unpaired) electrons. The number of hydrogen-bond acceptors (Lipinski definition) is 3. The molecule has 1 saturated heterocycles. The van der Waals surface area contributed by atoms with Crippen molar-refractivity contribution in [3.05, 3.63) is 35.4 Å². The van der Waals surface area contributed by atoms with Crippen LogP contribution >= 0.6 is 0 Å². The number of fused-ring (bicyclic) bond motifs is 2. The molecule has 0 aromatic heterocycles. The van der Waals surface area contributed by atoms with Crippen molar-refractivity contribution in [1.29, 1.82) is 0 Å². The maximum atomic E-state index is 11.7. The van der Waals surface area contributed by atoms with E-state index in [0.29, 0.717) is 17.4 Å². The lowest BCUT2D eigenvalue weighted by molar-refractivity contribution is -0.188. The normalized spacial score (nSPS) is 35.4. The molecule has 2 bridgehead atoms. The molecule has 3 aliphatic carbocycles. The zero-order valence-corrected chi connectivity index (χ0v) is 16.5. The van der Waals surface area contributed by atoms with Crippen molar-refractivity contribution in [3.63, 3.8) is 0 Å². The third kappa shape index (κ3) is 2.60. The molecule has 4 nitrogen and oxygen atoms in total. The zero-order valence-electron chi connectivity index (χ0n) is 16.5. The van der Waals surface area contributed by atoms with Gasteiger partial charge in [0.05, 0.1) is 0 Å². The highest BCUT2D eigenvalue weighted by atomic mass is 16.5. The fourth-order valence-corrected chi connectivity index (χ4v) is 6.89. The fraction of sp³-hybridized carbons (Fsp3) is 0.696. The van der Waals surface area contributed by atoms with Crippen molar-refractivity contribution < 1.29 is 9.53 Å². The van der Waals surface area contributed by atoms with Gasteiger partial charge in [-0.25, -0.2) is 0 Å². The number of likely N-dealkylation sites (tertiary alicyclic amines) is 1. The summed E-state index contributed by atoms with van der Waals surface area (Å²) in [4.78, 5) is 14.5. The van der Waals surface area contributed by atoms with Crippen LogP contribution in [0, 0.1) is 17.3 Å². The topological polar surface area (TPSA) is 55.6 Å². The second-order valence-corrected chi connectivity index (χ2v) is 9.64. The molecule has 27 heavy (non-hydrogen) atoms. The highest BCUT2D eigenvalue weighted by molar-refractivity contribution is 5.92. The first-order chi connectivity index (χ1) is 13.1. The Labute approximate surface area is 162 Å². The Morgan fingerprint density at radius 3 is 2.41 bits per heavy atom. The molecule has 1 aromatic carbocycles. The molecule has 1 aromatic rings. The SMILES string of the molecule is COC1(c2cccc(C(N)=O)c2)[C@@H]2CCC[C@H]1CN(C1CC3(CCC3)C1)C2. The van der Waals surface area contributed by atoms with Crippen molar-refractivity contribution in [3.8, 4) is 0 Å². The molecule has 1 heterocycles. The second kappa shape index (κ2) is 6.31. The van der Waals surface area contributed by atoms with Crippen molar-refractivity contribution in [2.45, 2.75) is 63.0 Å². The number of benzene rings is 1. The molecule has 3 atom stereocenters. The summed E-state index contributed by atoms with van der Waals surface area (Å²) in [6.07, 6.45) is 10.9. The largest absolute Gasteiger partial charge is 0.373 e. The number of piperidine rings is 1. The van der Waals surface area contributed by atoms with E-state index in [4.69, 9.17) is 10.5 Å². The Morgan fingerprint density at radius 2 is 1.85 bits per heavy atom. The van der Waals surface area contributed by atoms with Gasteiger partial charge in [-0.1, -0.05) is 25.0 Å². The molecule has 5 rings (SSSR count). The summed E-state index contributed by atoms with van der Waals surface area (Å²) >= 11 is 0. The third-order valence-electron chi connectivity index (χ3n) is 8.43. The number of hydrogen-bond donors (Lipinski definition) is 1. The van der Waals surface area contributed by atoms with Crippen LogP contribution in [0.4, 0.5) is 0 Å². The predicted molar refractivity (Wildman–Crippen MR) is 105 cm³/mol. The summed E-state index contributed by atoms with van der Waals surface area (Å²) in [5.74, 6) is 0.637. The summed E-state index contributed by atoms with van der Waals surface area (Å²) < 4.78 is 6.34. The average Bonchev–Trinajstić information content (AvgIpc) is 2.58. The van der Waals surface area contributed by atoms with Crippen molar-refractivity contribution in [2.75, 3.05) is 20.2 Å². The van der Waals surface area contributed by atoms with Crippen molar-refractivity contribution in [1.82, 2.24) is 4.90 Å². The lowest BCUT2D eigenvalue weighted by atomic mass is 9.53. The van der Waals surface area contributed by atoms with Crippen molar-refractivity contribution >= 4 is 5.91 Å². The maximum absolute atomic E-state index is 11.7. The minimum absolute atomic E-state index is 0.266. The summed E-state index contributed by atoms with van der Waals surface area (Å²) in [5.41, 5.74) is 7.76. The Kier molecular flexibility index (Phi) is 4.14. The quantitative estimate of drug-likeness (QED) is 0.882. The molecule has 1 aliphatic heterocycles. The van der Waals surface area contributed by atoms with Crippen LogP contribution in [0.2, 0.25) is 0 Å². The number of ether oxygens (including phenoxy) is 1. The van der Waals surface area contributed by atoms with E-state index in [9.17, 15) is 4.79 Å². The van der Waals surface area contributed by atoms with Crippen LogP contribution in [-0.2, 0) is 10.3 Å². The van der Waals surface area contributed by atoms with Gasteiger partial charge in [-0.2, -0.15) is 0 Å². The van der Waals surface area contributed by atoms with E-state index >= 15 is 0 Å². The lowest BCUT2D eigenvalue weighted by Gasteiger charge is -2.62. The van der Waals surface area contributed by atoms with Crippen LogP contribution < -0.4 is 5.73 Å². The molecule has 2 N–H and O–H groups in total. The van der Waals surface area contributed by atoms with E-state index in [1.807, 2.05) is 25.3 Å². The second-order valence-electron chi connectivity index (χ2n) is 9.64. The van der Waals surface area contributed by atoms with Gasteiger partial charge in [0.1, 0.15) is 5.60 Å². The number of amides is 1. The average molecular weight is 369 g/mol. The number of methoxy groups -OCH3 is 1. The molecular weight excluding hydrogens is 336 g/mol. The molecule has 4 aliphatic rings. The Balaban J connectivity index is 1.42. The summed E-state index contributed by atoms with van der Waals surface area (Å²) in [5, 5.41) is 0. The van der Waals surface area contributed by atoms with Crippen LogP contribution in [0.25, 0.3) is 0 Å². The highest BCUT2D eigenvalue weighted by Crippen LogP contribution is 2.59. The molecule has 146 valence electrons. The predicted octanol–water partition coefficient (Wildman–Crippen LogP) is 3.69. The third-order valence-corrected chi connectivity index (χ3v) is 8.43. The minimum atomic E-state index is -0.356. The zero-order chi connectivity index (χ0) is 18.6. The van der Waals surface area contributed by atoms with Crippen LogP contribution in [0.15, 0.2) is 24.3 Å². The number of primary amides is 1. The van der Waals surface area contributed by atoms with E-state index in [1.54, 1.807) is 0 Å². The first-order valence-electron chi connectivity index (χ1n) is 10.8. The summed E-state index contributed by atoms with van der Waals surface area (Å²) in [6, 6.07) is 8.69. The lowest BCUT2D eigenvalue weighted by Crippen LogP contribution is -2.64. The van der Waals surface area contributed by atoms with Gasteiger partial charge >= 0.3 is 0 Å². The van der Waals surface area contributed by atoms with Crippen LogP contribution in [-0.4, -0.2) is 37.0 Å². The number of nitrogens with two attached hydrogens (primary N) is 1. The number of rotatable bonds is 4. The molecule has 3 saturated carbocycles. The van der Waals surface area contributed by atoms with E-state index in [0.717, 1.165) is 30.1 Å². The van der Waals surface area contributed by atoms with Gasteiger partial charge in [0.2, 0.25) is 5.91 Å². The number of nitrogens with zero attached hydrogens (tertiary/aromatic N) is 1. The smallest absolute Gasteiger partial charge is 0.248 e. The van der Waals surface area contributed by atoms with Gasteiger partial charge in [0.15, 0.2) is 0 Å². The van der Waals surface area contributed by atoms with Gasteiger partial charge in [0.25, 0.3) is 0 Å². The summed E-state index contributed by atoms with van der Waals surface area (Å²) in [6.45, 7) is 2.26. The van der Waals surface area contributed by atoms with E-state index in [1.165, 1.54) is 51.4 Å². The monoisotopic (exact) mass is 368 g/mol. The highest BCUT2D eigenvalue weighted by Gasteiger charge is 2.57. The van der Waals surface area contributed by atoms with Gasteiger partial charge in [-0.15, -0.1) is 0 Å². The van der Waals surface area contributed by atoms with Crippen LogP contribution in [0.3, 0.4) is 0 Å². The molecule has 1 spiro atoms. The molecule has 4 heteroatoms. The number of carbonyl (C=O) groups excluding carboxylic acids is 1. The van der Waals surface area contributed by atoms with Crippen molar-refractivity contribution in [2.24, 2.45) is 23.0 Å². The van der Waals surface area contributed by atoms with Crippen LogP contribution in [0.5, 0.6) is 0 Å². The van der Waals surface area contributed by atoms with Gasteiger partial charge < -0.3 is 10.5 Å². The molecular formula is C23H32N2O2. The molecule has 1 amide bonds. The fourth-order valence-electron chi connectivity index (χ4n) is 6.89. The van der Waals surface area contributed by atoms with E-state index < -0.39 is 0 Å². The van der Waals surface area contributed by atoms with E-state index in [-0.39, 0.29) is 11.5 Å². The van der Waals surface area contributed by atoms with Gasteiger partial charge in [-0.05, 0) is 61.6 Å². The van der Waals surface area contributed by atoms with Gasteiger partial charge in [0, 0.05) is 43.6 Å². The first kappa shape index (κ1) is 17.7. The Bertz CT molecular complexity index is 720.